The molecule has 2 rings (SSSR count). The van der Waals surface area contributed by atoms with Gasteiger partial charge >= 0.3 is 5.97 Å². The minimum Gasteiger partial charge on any atom is -0.449 e. The van der Waals surface area contributed by atoms with E-state index in [-0.39, 0.29) is 0 Å². The minimum atomic E-state index is -1.31. The Kier molecular flexibility index (Phi) is 5.78. The Labute approximate surface area is 141 Å². The normalized spacial score (nSPS) is 11.3. The molecule has 0 fully saturated rings. The number of hydrazine groups is 1. The fraction of sp³-hybridized carbons (Fsp3) is 0.118. The highest BCUT2D eigenvalue weighted by Crippen LogP contribution is 2.12. The highest BCUT2D eigenvalue weighted by atomic mass is 19.1. The van der Waals surface area contributed by atoms with E-state index >= 15 is 0 Å². The van der Waals surface area contributed by atoms with E-state index in [4.69, 9.17) is 4.74 Å². The first-order valence-corrected chi connectivity index (χ1v) is 7.19. The van der Waals surface area contributed by atoms with Crippen molar-refractivity contribution in [3.05, 3.63) is 71.3 Å². The Bertz CT molecular complexity index is 796. The molecular formula is C17H14F2N2O4. The third-order valence-corrected chi connectivity index (χ3v) is 3.14. The number of benzene rings is 2. The van der Waals surface area contributed by atoms with Crippen molar-refractivity contribution in [1.82, 2.24) is 10.9 Å². The summed E-state index contributed by atoms with van der Waals surface area (Å²) in [5.74, 6) is -4.45. The summed E-state index contributed by atoms with van der Waals surface area (Å²) in [4.78, 5) is 35.4. The second-order valence-electron chi connectivity index (χ2n) is 4.98. The maximum atomic E-state index is 13.5. The number of ether oxygens (including phenoxy) is 1. The van der Waals surface area contributed by atoms with Gasteiger partial charge in [0.25, 0.3) is 11.8 Å². The summed E-state index contributed by atoms with van der Waals surface area (Å²) in [7, 11) is 0. The van der Waals surface area contributed by atoms with Crippen LogP contribution in [0.2, 0.25) is 0 Å². The van der Waals surface area contributed by atoms with E-state index in [1.165, 1.54) is 6.92 Å². The fourth-order valence-corrected chi connectivity index (χ4v) is 1.81. The zero-order valence-electron chi connectivity index (χ0n) is 13.1. The number of esters is 1. The molecule has 8 heteroatoms. The van der Waals surface area contributed by atoms with Gasteiger partial charge in [0.2, 0.25) is 0 Å². The highest BCUT2D eigenvalue weighted by molar-refractivity contribution is 5.96. The zero-order chi connectivity index (χ0) is 18.4. The molecule has 0 unspecified atom stereocenters. The number of rotatable bonds is 4. The van der Waals surface area contributed by atoms with Gasteiger partial charge in [-0.05, 0) is 31.2 Å². The van der Waals surface area contributed by atoms with Gasteiger partial charge in [-0.25, -0.2) is 13.6 Å². The van der Waals surface area contributed by atoms with Gasteiger partial charge in [0, 0.05) is 11.6 Å². The van der Waals surface area contributed by atoms with E-state index in [0.717, 1.165) is 12.1 Å². The largest absolute Gasteiger partial charge is 0.449 e. The predicted molar refractivity (Wildman–Crippen MR) is 83.3 cm³/mol. The van der Waals surface area contributed by atoms with Crippen LogP contribution < -0.4 is 10.9 Å². The second-order valence-corrected chi connectivity index (χ2v) is 4.98. The van der Waals surface area contributed by atoms with Gasteiger partial charge in [-0.1, -0.05) is 18.2 Å². The SMILES string of the molecule is C[C@H](OC(=O)c1ccc(F)cc1F)C(=O)NNC(=O)c1ccccc1. The number of nitrogens with one attached hydrogen (secondary N) is 2. The first-order chi connectivity index (χ1) is 11.9. The van der Waals surface area contributed by atoms with Crippen molar-refractivity contribution >= 4 is 17.8 Å². The van der Waals surface area contributed by atoms with E-state index in [1.807, 2.05) is 0 Å². The monoisotopic (exact) mass is 348 g/mol. The van der Waals surface area contributed by atoms with Gasteiger partial charge in [0.15, 0.2) is 6.10 Å². The smallest absolute Gasteiger partial charge is 0.341 e. The van der Waals surface area contributed by atoms with E-state index in [0.29, 0.717) is 11.6 Å². The van der Waals surface area contributed by atoms with Crippen LogP contribution in [0.5, 0.6) is 0 Å². The molecule has 0 aliphatic heterocycles. The van der Waals surface area contributed by atoms with E-state index in [1.54, 1.807) is 30.3 Å². The number of hydrogen-bond donors (Lipinski definition) is 2. The van der Waals surface area contributed by atoms with Crippen LogP contribution in [0.4, 0.5) is 8.78 Å². The van der Waals surface area contributed by atoms with Crippen LogP contribution in [0.15, 0.2) is 48.5 Å². The lowest BCUT2D eigenvalue weighted by Gasteiger charge is -2.14. The van der Waals surface area contributed by atoms with Crippen LogP contribution in [0.1, 0.15) is 27.6 Å². The van der Waals surface area contributed by atoms with Gasteiger partial charge < -0.3 is 4.74 Å². The molecule has 0 saturated carbocycles. The summed E-state index contributed by atoms with van der Waals surface area (Å²) in [5.41, 5.74) is 4.06. The Balaban J connectivity index is 1.89. The van der Waals surface area contributed by atoms with Crippen molar-refractivity contribution in [2.75, 3.05) is 0 Å². The highest BCUT2D eigenvalue weighted by Gasteiger charge is 2.21. The summed E-state index contributed by atoms with van der Waals surface area (Å²) in [6, 6.07) is 10.5. The Morgan fingerprint density at radius 2 is 1.68 bits per heavy atom. The van der Waals surface area contributed by atoms with Crippen LogP contribution in [0.3, 0.4) is 0 Å². The number of amides is 2. The van der Waals surface area contributed by atoms with E-state index < -0.39 is 41.1 Å². The molecule has 2 aromatic carbocycles. The van der Waals surface area contributed by atoms with Crippen LogP contribution in [-0.2, 0) is 9.53 Å². The first kappa shape index (κ1) is 18.1. The Morgan fingerprint density at radius 3 is 2.32 bits per heavy atom. The summed E-state index contributed by atoms with van der Waals surface area (Å²) in [5, 5.41) is 0. The van der Waals surface area contributed by atoms with Crippen LogP contribution in [0.25, 0.3) is 0 Å². The van der Waals surface area contributed by atoms with Crippen LogP contribution >= 0.6 is 0 Å². The quantitative estimate of drug-likeness (QED) is 0.654. The standard InChI is InChI=1S/C17H14F2N2O4/c1-10(25-17(24)13-8-7-12(18)9-14(13)19)15(22)20-21-16(23)11-5-3-2-4-6-11/h2-10H,1H3,(H,20,22)(H,21,23)/t10-/m0/s1. The van der Waals surface area contributed by atoms with Gasteiger partial charge in [-0.3, -0.25) is 20.4 Å². The van der Waals surface area contributed by atoms with Gasteiger partial charge in [0.1, 0.15) is 11.6 Å². The third-order valence-electron chi connectivity index (χ3n) is 3.14. The van der Waals surface area contributed by atoms with Crippen molar-refractivity contribution < 1.29 is 27.9 Å². The minimum absolute atomic E-state index is 0.320. The van der Waals surface area contributed by atoms with E-state index in [2.05, 4.69) is 10.9 Å². The maximum Gasteiger partial charge on any atom is 0.341 e. The molecule has 0 aliphatic carbocycles. The summed E-state index contributed by atoms with van der Waals surface area (Å²) in [6.07, 6.45) is -1.31. The molecule has 0 heterocycles. The molecule has 2 amide bonds. The van der Waals surface area contributed by atoms with Crippen molar-refractivity contribution in [3.63, 3.8) is 0 Å². The summed E-state index contributed by atoms with van der Waals surface area (Å²) in [6.45, 7) is 1.24. The molecule has 0 saturated heterocycles. The fourth-order valence-electron chi connectivity index (χ4n) is 1.81. The number of carbonyl (C=O) groups excluding carboxylic acids is 3. The number of halogens is 2. The summed E-state index contributed by atoms with van der Waals surface area (Å²) >= 11 is 0. The van der Waals surface area contributed by atoms with Gasteiger partial charge in [-0.2, -0.15) is 0 Å². The summed E-state index contributed by atoms with van der Waals surface area (Å²) < 4.78 is 31.1. The average molecular weight is 348 g/mol. The molecule has 130 valence electrons. The molecular weight excluding hydrogens is 334 g/mol. The molecule has 0 bridgehead atoms. The molecule has 1 atom stereocenters. The molecule has 0 radical (unpaired) electrons. The van der Waals surface area contributed by atoms with Gasteiger partial charge in [0.05, 0.1) is 5.56 Å². The predicted octanol–water partition coefficient (Wildman–Crippen LogP) is 1.97. The lowest BCUT2D eigenvalue weighted by molar-refractivity contribution is -0.129. The average Bonchev–Trinajstić information content (AvgIpc) is 2.59. The molecule has 25 heavy (non-hydrogen) atoms. The van der Waals surface area contributed by atoms with Crippen molar-refractivity contribution in [2.45, 2.75) is 13.0 Å². The molecule has 2 aromatic rings. The molecule has 6 nitrogen and oxygen atoms in total. The molecule has 0 aromatic heterocycles. The lowest BCUT2D eigenvalue weighted by atomic mass is 10.2. The van der Waals surface area contributed by atoms with Crippen molar-refractivity contribution in [2.24, 2.45) is 0 Å². The van der Waals surface area contributed by atoms with Crippen molar-refractivity contribution in [3.8, 4) is 0 Å². The first-order valence-electron chi connectivity index (χ1n) is 7.19. The van der Waals surface area contributed by atoms with Gasteiger partial charge in [-0.15, -0.1) is 0 Å². The van der Waals surface area contributed by atoms with Crippen LogP contribution in [0, 0.1) is 11.6 Å². The third kappa shape index (κ3) is 4.84. The van der Waals surface area contributed by atoms with E-state index in [9.17, 15) is 23.2 Å². The Morgan fingerprint density at radius 1 is 1.00 bits per heavy atom. The topological polar surface area (TPSA) is 84.5 Å². The molecule has 0 aliphatic rings. The zero-order valence-corrected chi connectivity index (χ0v) is 13.1. The number of hydrogen-bond acceptors (Lipinski definition) is 4. The molecule has 2 N–H and O–H groups in total. The van der Waals surface area contributed by atoms with Crippen LogP contribution in [-0.4, -0.2) is 23.9 Å². The Hall–Kier alpha value is -3.29. The maximum absolute atomic E-state index is 13.5. The molecule has 0 spiro atoms. The van der Waals surface area contributed by atoms with Crippen molar-refractivity contribution in [1.29, 1.82) is 0 Å². The lowest BCUT2D eigenvalue weighted by Crippen LogP contribution is -2.46. The second kappa shape index (κ2) is 8.00. The number of carbonyl (C=O) groups is 3.